The number of pyridine rings is 1. The van der Waals surface area contributed by atoms with Crippen molar-refractivity contribution in [1.82, 2.24) is 4.98 Å². The van der Waals surface area contributed by atoms with Crippen LogP contribution in [0.3, 0.4) is 0 Å². The van der Waals surface area contributed by atoms with E-state index in [4.69, 9.17) is 4.74 Å². The lowest BCUT2D eigenvalue weighted by atomic mass is 10.0. The van der Waals surface area contributed by atoms with Gasteiger partial charge in [0.05, 0.1) is 11.1 Å². The number of aliphatic hydroxyl groups is 1. The van der Waals surface area contributed by atoms with E-state index in [1.165, 1.54) is 0 Å². The van der Waals surface area contributed by atoms with Crippen molar-refractivity contribution in [3.05, 3.63) is 21.2 Å². The Morgan fingerprint density at radius 3 is 3.00 bits per heavy atom. The van der Waals surface area contributed by atoms with Crippen LogP contribution in [0, 0.1) is 0 Å². The van der Waals surface area contributed by atoms with Crippen molar-refractivity contribution in [2.45, 2.75) is 12.0 Å². The molecular weight excluding hydrogens is 340 g/mol. The Bertz CT molecular complexity index is 381. The molecule has 16 heavy (non-hydrogen) atoms. The van der Waals surface area contributed by atoms with Crippen LogP contribution in [0.2, 0.25) is 0 Å². The normalized spacial score (nSPS) is 24.7. The number of nitrogens with zero attached hydrogens (tertiary/aromatic N) is 1. The predicted molar refractivity (Wildman–Crippen MR) is 68.5 cm³/mol. The molecular formula is C10H12Br2N2O2. The van der Waals surface area contributed by atoms with Crippen molar-refractivity contribution in [3.63, 3.8) is 0 Å². The maximum absolute atomic E-state index is 10.1. The van der Waals surface area contributed by atoms with Crippen molar-refractivity contribution in [2.24, 2.45) is 0 Å². The highest BCUT2D eigenvalue weighted by molar-refractivity contribution is 9.11. The lowest BCUT2D eigenvalue weighted by molar-refractivity contribution is 0.0381. The molecule has 1 aliphatic rings. The summed E-state index contributed by atoms with van der Waals surface area (Å²) < 4.78 is 6.94. The van der Waals surface area contributed by atoms with Gasteiger partial charge in [-0.3, -0.25) is 0 Å². The molecule has 0 saturated carbocycles. The molecule has 1 aromatic heterocycles. The van der Waals surface area contributed by atoms with Crippen LogP contribution in [0.15, 0.2) is 21.2 Å². The molecule has 0 aromatic carbocycles. The zero-order valence-electron chi connectivity index (χ0n) is 8.54. The average molecular weight is 352 g/mol. The summed E-state index contributed by atoms with van der Waals surface area (Å²) in [7, 11) is 0. The van der Waals surface area contributed by atoms with Gasteiger partial charge in [-0.05, 0) is 37.9 Å². The summed E-state index contributed by atoms with van der Waals surface area (Å²) >= 11 is 6.74. The first-order chi connectivity index (χ1) is 7.59. The Morgan fingerprint density at radius 2 is 2.38 bits per heavy atom. The molecule has 1 fully saturated rings. The number of hydrogen-bond donors (Lipinski definition) is 2. The van der Waals surface area contributed by atoms with Crippen molar-refractivity contribution < 1.29 is 9.84 Å². The minimum absolute atomic E-state index is 0.383. The topological polar surface area (TPSA) is 54.4 Å². The molecule has 2 rings (SSSR count). The molecule has 1 aromatic rings. The quantitative estimate of drug-likeness (QED) is 0.876. The van der Waals surface area contributed by atoms with Gasteiger partial charge in [-0.25, -0.2) is 4.98 Å². The summed E-state index contributed by atoms with van der Waals surface area (Å²) in [4.78, 5) is 4.21. The molecule has 1 unspecified atom stereocenters. The number of nitrogens with one attached hydrogen (secondary N) is 1. The predicted octanol–water partition coefficient (Wildman–Crippen LogP) is 2.17. The third-order valence-corrected chi connectivity index (χ3v) is 3.51. The third-order valence-electron chi connectivity index (χ3n) is 2.48. The van der Waals surface area contributed by atoms with Crippen molar-refractivity contribution in [2.75, 3.05) is 25.1 Å². The van der Waals surface area contributed by atoms with Gasteiger partial charge in [0.15, 0.2) is 0 Å². The van der Waals surface area contributed by atoms with Crippen molar-refractivity contribution >= 4 is 37.7 Å². The Kier molecular flexibility index (Phi) is 3.84. The van der Waals surface area contributed by atoms with E-state index in [0.29, 0.717) is 26.2 Å². The van der Waals surface area contributed by atoms with E-state index >= 15 is 0 Å². The SMILES string of the molecule is OC1(CNc2ncc(Br)cc2Br)CCOC1. The van der Waals surface area contributed by atoms with E-state index in [0.717, 1.165) is 14.8 Å². The van der Waals surface area contributed by atoms with Crippen molar-refractivity contribution in [1.29, 1.82) is 0 Å². The van der Waals surface area contributed by atoms with Gasteiger partial charge in [-0.1, -0.05) is 0 Å². The Morgan fingerprint density at radius 1 is 1.56 bits per heavy atom. The summed E-state index contributed by atoms with van der Waals surface area (Å²) in [6, 6.07) is 1.91. The fourth-order valence-corrected chi connectivity index (χ4v) is 2.66. The van der Waals surface area contributed by atoms with E-state index < -0.39 is 5.60 Å². The second-order valence-corrected chi connectivity index (χ2v) is 5.63. The zero-order valence-corrected chi connectivity index (χ0v) is 11.7. The highest BCUT2D eigenvalue weighted by Gasteiger charge is 2.32. The molecule has 1 aliphatic heterocycles. The van der Waals surface area contributed by atoms with Gasteiger partial charge in [-0.2, -0.15) is 0 Å². The second kappa shape index (κ2) is 5.00. The van der Waals surface area contributed by atoms with E-state index in [1.54, 1.807) is 6.20 Å². The maximum atomic E-state index is 10.1. The smallest absolute Gasteiger partial charge is 0.140 e. The monoisotopic (exact) mass is 350 g/mol. The number of halogens is 2. The summed E-state index contributed by atoms with van der Waals surface area (Å²) in [5, 5.41) is 13.2. The van der Waals surface area contributed by atoms with Crippen LogP contribution in [-0.4, -0.2) is 35.5 Å². The van der Waals surface area contributed by atoms with E-state index in [2.05, 4.69) is 42.2 Å². The molecule has 0 bridgehead atoms. The fraction of sp³-hybridized carbons (Fsp3) is 0.500. The molecule has 6 heteroatoms. The number of anilines is 1. The van der Waals surface area contributed by atoms with Crippen LogP contribution in [0.5, 0.6) is 0 Å². The molecule has 1 atom stereocenters. The van der Waals surface area contributed by atoms with Gasteiger partial charge in [0, 0.05) is 30.2 Å². The third kappa shape index (κ3) is 2.94. The van der Waals surface area contributed by atoms with Gasteiger partial charge < -0.3 is 15.2 Å². The van der Waals surface area contributed by atoms with Gasteiger partial charge in [0.25, 0.3) is 0 Å². The second-order valence-electron chi connectivity index (χ2n) is 3.86. The number of rotatable bonds is 3. The van der Waals surface area contributed by atoms with Gasteiger partial charge in [0.1, 0.15) is 11.4 Å². The van der Waals surface area contributed by atoms with Crippen LogP contribution in [0.25, 0.3) is 0 Å². The lowest BCUT2D eigenvalue weighted by Crippen LogP contribution is -2.37. The summed E-state index contributed by atoms with van der Waals surface area (Å²) in [6.07, 6.45) is 2.37. The Labute approximate surface area is 111 Å². The standard InChI is InChI=1S/C10H12Br2N2O2/c11-7-3-8(12)9(13-4-7)14-5-10(15)1-2-16-6-10/h3-4,15H,1-2,5-6H2,(H,13,14). The largest absolute Gasteiger partial charge is 0.386 e. The van der Waals surface area contributed by atoms with Gasteiger partial charge in [0.2, 0.25) is 0 Å². The zero-order chi connectivity index (χ0) is 11.6. The summed E-state index contributed by atoms with van der Waals surface area (Å²) in [5.74, 6) is 0.725. The van der Waals surface area contributed by atoms with Crippen LogP contribution in [-0.2, 0) is 4.74 Å². The van der Waals surface area contributed by atoms with E-state index in [9.17, 15) is 5.11 Å². The van der Waals surface area contributed by atoms with Crippen LogP contribution in [0.4, 0.5) is 5.82 Å². The highest BCUT2D eigenvalue weighted by atomic mass is 79.9. The van der Waals surface area contributed by atoms with Gasteiger partial charge in [-0.15, -0.1) is 0 Å². The Hall–Kier alpha value is -0.170. The van der Waals surface area contributed by atoms with Crippen LogP contribution >= 0.6 is 31.9 Å². The average Bonchev–Trinajstić information content (AvgIpc) is 2.64. The van der Waals surface area contributed by atoms with Crippen molar-refractivity contribution in [3.8, 4) is 0 Å². The first-order valence-corrected chi connectivity index (χ1v) is 6.53. The van der Waals surface area contributed by atoms with Crippen LogP contribution in [0.1, 0.15) is 6.42 Å². The first-order valence-electron chi connectivity index (χ1n) is 4.94. The fourth-order valence-electron chi connectivity index (χ4n) is 1.53. The van der Waals surface area contributed by atoms with E-state index in [1.807, 2.05) is 6.07 Å². The molecule has 0 radical (unpaired) electrons. The van der Waals surface area contributed by atoms with E-state index in [-0.39, 0.29) is 0 Å². The molecule has 2 N–H and O–H groups in total. The lowest BCUT2D eigenvalue weighted by Gasteiger charge is -2.21. The summed E-state index contributed by atoms with van der Waals surface area (Å²) in [5.41, 5.74) is -0.770. The number of ether oxygens (including phenoxy) is 1. The van der Waals surface area contributed by atoms with Crippen LogP contribution < -0.4 is 5.32 Å². The molecule has 0 amide bonds. The molecule has 0 spiro atoms. The minimum Gasteiger partial charge on any atom is -0.386 e. The maximum Gasteiger partial charge on any atom is 0.140 e. The highest BCUT2D eigenvalue weighted by Crippen LogP contribution is 2.25. The summed E-state index contributed by atoms with van der Waals surface area (Å²) in [6.45, 7) is 1.45. The Balaban J connectivity index is 1.99. The molecule has 88 valence electrons. The minimum atomic E-state index is -0.770. The first kappa shape index (κ1) is 12.3. The number of hydrogen-bond acceptors (Lipinski definition) is 4. The van der Waals surface area contributed by atoms with Gasteiger partial charge >= 0.3 is 0 Å². The molecule has 4 nitrogen and oxygen atoms in total. The number of aromatic nitrogens is 1. The molecule has 1 saturated heterocycles. The molecule has 0 aliphatic carbocycles. The molecule has 2 heterocycles.